The summed E-state index contributed by atoms with van der Waals surface area (Å²) in [5.41, 5.74) is 1.87. The number of fused-ring (bicyclic) bond motifs is 1. The number of aryl methyl sites for hydroxylation is 2. The Hall–Kier alpha value is -2.18. The Morgan fingerprint density at radius 2 is 2.20 bits per heavy atom. The van der Waals surface area contributed by atoms with Crippen LogP contribution in [-0.4, -0.2) is 43.7 Å². The normalized spacial score (nSPS) is 19.5. The highest BCUT2D eigenvalue weighted by Crippen LogP contribution is 2.21. The van der Waals surface area contributed by atoms with Crippen LogP contribution in [0.15, 0.2) is 6.07 Å². The van der Waals surface area contributed by atoms with Crippen molar-refractivity contribution in [2.24, 2.45) is 5.92 Å². The number of aliphatic carboxylic acids is 1. The van der Waals surface area contributed by atoms with Gasteiger partial charge in [-0.2, -0.15) is 9.50 Å². The van der Waals surface area contributed by atoms with Crippen LogP contribution < -0.4 is 4.90 Å². The summed E-state index contributed by atoms with van der Waals surface area (Å²) in [6, 6.07) is 1.95. The van der Waals surface area contributed by atoms with Gasteiger partial charge in [0.25, 0.3) is 5.78 Å². The Bertz CT molecular complexity index is 666. The molecule has 0 bridgehead atoms. The molecule has 2 aromatic rings. The summed E-state index contributed by atoms with van der Waals surface area (Å²) in [6.07, 6.45) is 1.56. The summed E-state index contributed by atoms with van der Waals surface area (Å²) >= 11 is 0. The minimum absolute atomic E-state index is 0.342. The highest BCUT2D eigenvalue weighted by Gasteiger charge is 2.27. The number of rotatable bonds is 2. The van der Waals surface area contributed by atoms with Gasteiger partial charge in [0.15, 0.2) is 0 Å². The van der Waals surface area contributed by atoms with Crippen LogP contribution in [0.1, 0.15) is 24.2 Å². The molecular weight excluding hydrogens is 258 g/mol. The van der Waals surface area contributed by atoms with Crippen LogP contribution in [0.4, 0.5) is 5.95 Å². The minimum Gasteiger partial charge on any atom is -0.481 e. The molecule has 1 fully saturated rings. The SMILES string of the molecule is Cc1cc(C)n2nc(N3CCCC(C(=O)O)C3)nc2n1. The van der Waals surface area contributed by atoms with Gasteiger partial charge in [-0.05, 0) is 32.8 Å². The molecule has 1 saturated heterocycles. The maximum Gasteiger partial charge on any atom is 0.308 e. The molecule has 1 atom stereocenters. The quantitative estimate of drug-likeness (QED) is 0.881. The van der Waals surface area contributed by atoms with E-state index >= 15 is 0 Å². The second-order valence-electron chi connectivity index (χ2n) is 5.29. The maximum atomic E-state index is 11.1. The van der Waals surface area contributed by atoms with E-state index in [9.17, 15) is 4.79 Å². The lowest BCUT2D eigenvalue weighted by atomic mass is 9.99. The summed E-state index contributed by atoms with van der Waals surface area (Å²) in [7, 11) is 0. The lowest BCUT2D eigenvalue weighted by Crippen LogP contribution is -2.39. The molecule has 0 aliphatic carbocycles. The van der Waals surface area contributed by atoms with Crippen LogP contribution in [0.2, 0.25) is 0 Å². The van der Waals surface area contributed by atoms with E-state index < -0.39 is 5.97 Å². The van der Waals surface area contributed by atoms with Crippen LogP contribution in [0, 0.1) is 19.8 Å². The molecule has 1 aliphatic rings. The van der Waals surface area contributed by atoms with Gasteiger partial charge >= 0.3 is 5.97 Å². The van der Waals surface area contributed by atoms with Crippen LogP contribution in [0.25, 0.3) is 5.78 Å². The van der Waals surface area contributed by atoms with Crippen molar-refractivity contribution in [2.45, 2.75) is 26.7 Å². The number of carbonyl (C=O) groups is 1. The zero-order chi connectivity index (χ0) is 14.3. The van der Waals surface area contributed by atoms with Crippen molar-refractivity contribution in [1.82, 2.24) is 19.6 Å². The molecule has 1 N–H and O–H groups in total. The van der Waals surface area contributed by atoms with Gasteiger partial charge in [0.2, 0.25) is 5.95 Å². The van der Waals surface area contributed by atoms with Crippen molar-refractivity contribution in [3.05, 3.63) is 17.5 Å². The average molecular weight is 275 g/mol. The van der Waals surface area contributed by atoms with E-state index in [1.165, 1.54) is 0 Å². The number of anilines is 1. The molecular formula is C13H17N5O2. The standard InChI is InChI=1S/C13H17N5O2/c1-8-6-9(2)18-12(14-8)15-13(16-18)17-5-3-4-10(7-17)11(19)20/h6,10H,3-5,7H2,1-2H3,(H,19,20). The van der Waals surface area contributed by atoms with Gasteiger partial charge in [0.05, 0.1) is 5.92 Å². The van der Waals surface area contributed by atoms with Crippen molar-refractivity contribution in [3.63, 3.8) is 0 Å². The fourth-order valence-corrected chi connectivity index (χ4v) is 2.65. The Balaban J connectivity index is 1.94. The van der Waals surface area contributed by atoms with Gasteiger partial charge in [-0.15, -0.1) is 5.10 Å². The molecule has 0 aromatic carbocycles. The number of hydrogen-bond donors (Lipinski definition) is 1. The molecule has 0 radical (unpaired) electrons. The lowest BCUT2D eigenvalue weighted by molar-refractivity contribution is -0.141. The van der Waals surface area contributed by atoms with Crippen LogP contribution in [-0.2, 0) is 4.79 Å². The molecule has 106 valence electrons. The Kier molecular flexibility index (Phi) is 3.04. The number of aromatic nitrogens is 4. The third-order valence-electron chi connectivity index (χ3n) is 3.66. The van der Waals surface area contributed by atoms with E-state index in [-0.39, 0.29) is 5.92 Å². The predicted molar refractivity (Wildman–Crippen MR) is 72.8 cm³/mol. The Labute approximate surface area is 116 Å². The zero-order valence-electron chi connectivity index (χ0n) is 11.6. The van der Waals surface area contributed by atoms with E-state index in [1.54, 1.807) is 4.52 Å². The van der Waals surface area contributed by atoms with E-state index in [0.717, 1.165) is 30.8 Å². The van der Waals surface area contributed by atoms with E-state index in [0.29, 0.717) is 18.3 Å². The number of piperidine rings is 1. The summed E-state index contributed by atoms with van der Waals surface area (Å²) in [5.74, 6) is 0.0434. The second-order valence-corrected chi connectivity index (χ2v) is 5.29. The van der Waals surface area contributed by atoms with Gasteiger partial charge in [0, 0.05) is 24.5 Å². The zero-order valence-corrected chi connectivity index (χ0v) is 11.6. The molecule has 0 amide bonds. The van der Waals surface area contributed by atoms with Crippen LogP contribution in [0.3, 0.4) is 0 Å². The third-order valence-corrected chi connectivity index (χ3v) is 3.66. The molecule has 1 aliphatic heterocycles. The molecule has 2 aromatic heterocycles. The second kappa shape index (κ2) is 4.73. The number of carboxylic acids is 1. The molecule has 0 saturated carbocycles. The number of hydrogen-bond acceptors (Lipinski definition) is 5. The Morgan fingerprint density at radius 1 is 1.40 bits per heavy atom. The first-order chi connectivity index (χ1) is 9.54. The average Bonchev–Trinajstić information content (AvgIpc) is 2.83. The van der Waals surface area contributed by atoms with Crippen LogP contribution >= 0.6 is 0 Å². The number of carboxylic acid groups (broad SMARTS) is 1. The van der Waals surface area contributed by atoms with Gasteiger partial charge in [-0.1, -0.05) is 0 Å². The van der Waals surface area contributed by atoms with Gasteiger partial charge in [-0.25, -0.2) is 4.98 Å². The van der Waals surface area contributed by atoms with E-state index in [1.807, 2.05) is 24.8 Å². The predicted octanol–water partition coefficient (Wildman–Crippen LogP) is 1.04. The van der Waals surface area contributed by atoms with Gasteiger partial charge in [0.1, 0.15) is 0 Å². The van der Waals surface area contributed by atoms with Crippen molar-refractivity contribution in [3.8, 4) is 0 Å². The van der Waals surface area contributed by atoms with Crippen molar-refractivity contribution >= 4 is 17.7 Å². The van der Waals surface area contributed by atoms with E-state index in [4.69, 9.17) is 5.11 Å². The summed E-state index contributed by atoms with van der Waals surface area (Å²) < 4.78 is 1.70. The maximum absolute atomic E-state index is 11.1. The summed E-state index contributed by atoms with van der Waals surface area (Å²) in [4.78, 5) is 21.8. The minimum atomic E-state index is -0.747. The fraction of sp³-hybridized carbons (Fsp3) is 0.538. The van der Waals surface area contributed by atoms with Gasteiger partial charge < -0.3 is 10.0 Å². The highest BCUT2D eigenvalue weighted by molar-refractivity contribution is 5.71. The molecule has 7 nitrogen and oxygen atoms in total. The van der Waals surface area contributed by atoms with Crippen molar-refractivity contribution < 1.29 is 9.90 Å². The van der Waals surface area contributed by atoms with Crippen LogP contribution in [0.5, 0.6) is 0 Å². The first-order valence-corrected chi connectivity index (χ1v) is 6.73. The lowest BCUT2D eigenvalue weighted by Gasteiger charge is -2.29. The monoisotopic (exact) mass is 275 g/mol. The van der Waals surface area contributed by atoms with Crippen molar-refractivity contribution in [2.75, 3.05) is 18.0 Å². The largest absolute Gasteiger partial charge is 0.481 e. The smallest absolute Gasteiger partial charge is 0.308 e. The Morgan fingerprint density at radius 3 is 2.95 bits per heavy atom. The number of nitrogens with zero attached hydrogens (tertiary/aromatic N) is 5. The molecule has 7 heteroatoms. The molecule has 0 spiro atoms. The molecule has 1 unspecified atom stereocenters. The summed E-state index contributed by atoms with van der Waals surface area (Å²) in [5, 5.41) is 13.6. The molecule has 3 rings (SSSR count). The summed E-state index contributed by atoms with van der Waals surface area (Å²) in [6.45, 7) is 5.13. The van der Waals surface area contributed by atoms with Gasteiger partial charge in [-0.3, -0.25) is 4.79 Å². The fourth-order valence-electron chi connectivity index (χ4n) is 2.65. The third kappa shape index (κ3) is 2.19. The van der Waals surface area contributed by atoms with E-state index in [2.05, 4.69) is 15.1 Å². The topological polar surface area (TPSA) is 83.6 Å². The first kappa shape index (κ1) is 12.8. The molecule has 3 heterocycles. The van der Waals surface area contributed by atoms with Crippen molar-refractivity contribution in [1.29, 1.82) is 0 Å². The first-order valence-electron chi connectivity index (χ1n) is 6.73. The molecule has 20 heavy (non-hydrogen) atoms. The highest BCUT2D eigenvalue weighted by atomic mass is 16.4.